The average molecular weight is 445 g/mol. The number of carbonyl (C=O) groups excluding carboxylic acids is 1. The molecule has 0 aliphatic heterocycles. The minimum absolute atomic E-state index is 0.165. The number of halogens is 2. The summed E-state index contributed by atoms with van der Waals surface area (Å²) in [6.07, 6.45) is 5.60. The molecule has 1 aromatic carbocycles. The molecule has 1 N–H and O–H groups in total. The normalized spacial score (nSPS) is 10.8. The molecule has 0 spiro atoms. The first-order valence-corrected chi connectivity index (χ1v) is 10.3. The van der Waals surface area contributed by atoms with E-state index in [1.807, 2.05) is 17.5 Å². The van der Waals surface area contributed by atoms with Crippen molar-refractivity contribution in [3.05, 3.63) is 70.2 Å². The van der Waals surface area contributed by atoms with E-state index >= 15 is 0 Å². The molecule has 4 rings (SSSR count). The highest BCUT2D eigenvalue weighted by Gasteiger charge is 2.13. The lowest BCUT2D eigenvalue weighted by Gasteiger charge is -2.01. The van der Waals surface area contributed by atoms with Crippen LogP contribution in [0.3, 0.4) is 0 Å². The van der Waals surface area contributed by atoms with Crippen LogP contribution in [0.2, 0.25) is 10.0 Å². The number of hydrogen-bond acceptors (Lipinski definition) is 6. The van der Waals surface area contributed by atoms with E-state index in [1.165, 1.54) is 11.3 Å². The van der Waals surface area contributed by atoms with Crippen molar-refractivity contribution >= 4 is 45.6 Å². The van der Waals surface area contributed by atoms with Gasteiger partial charge in [-0.2, -0.15) is 0 Å². The van der Waals surface area contributed by atoms with Crippen LogP contribution in [0.15, 0.2) is 58.7 Å². The van der Waals surface area contributed by atoms with Crippen molar-refractivity contribution in [2.24, 2.45) is 0 Å². The third kappa shape index (κ3) is 4.82. The predicted molar refractivity (Wildman–Crippen MR) is 114 cm³/mol. The molecule has 6 nitrogen and oxygen atoms in total. The number of amides is 1. The first-order chi connectivity index (χ1) is 14.1. The Kier molecular flexibility index (Phi) is 5.89. The molecule has 0 fully saturated rings. The molecule has 0 unspecified atom stereocenters. The maximum absolute atomic E-state index is 12.2. The van der Waals surface area contributed by atoms with Crippen LogP contribution in [-0.4, -0.2) is 20.9 Å². The largest absolute Gasteiger partial charge is 0.441 e. The highest BCUT2D eigenvalue weighted by molar-refractivity contribution is 7.14. The Labute approximate surface area is 180 Å². The molecule has 4 aromatic rings. The Morgan fingerprint density at radius 1 is 1.21 bits per heavy atom. The summed E-state index contributed by atoms with van der Waals surface area (Å²) in [6.45, 7) is 0. The van der Waals surface area contributed by atoms with Gasteiger partial charge in [-0.05, 0) is 30.3 Å². The highest BCUT2D eigenvalue weighted by Crippen LogP contribution is 2.31. The maximum Gasteiger partial charge on any atom is 0.226 e. The summed E-state index contributed by atoms with van der Waals surface area (Å²) in [7, 11) is 0. The third-order valence-corrected chi connectivity index (χ3v) is 5.33. The number of aromatic nitrogens is 3. The Morgan fingerprint density at radius 2 is 2.10 bits per heavy atom. The fraction of sp³-hybridized carbons (Fsp3) is 0.100. The van der Waals surface area contributed by atoms with Crippen molar-refractivity contribution in [3.8, 4) is 22.6 Å². The van der Waals surface area contributed by atoms with Crippen LogP contribution in [0, 0.1) is 0 Å². The number of pyridine rings is 1. The second kappa shape index (κ2) is 8.73. The number of anilines is 1. The quantitative estimate of drug-likeness (QED) is 0.410. The monoisotopic (exact) mass is 444 g/mol. The topological polar surface area (TPSA) is 80.9 Å². The van der Waals surface area contributed by atoms with Crippen LogP contribution in [0.1, 0.15) is 12.3 Å². The zero-order valence-corrected chi connectivity index (χ0v) is 17.3. The number of nitrogens with one attached hydrogen (secondary N) is 1. The van der Waals surface area contributed by atoms with Gasteiger partial charge in [-0.15, -0.1) is 11.3 Å². The van der Waals surface area contributed by atoms with Crippen LogP contribution >= 0.6 is 34.5 Å². The number of thiazole rings is 1. The summed E-state index contributed by atoms with van der Waals surface area (Å²) in [4.78, 5) is 24.9. The van der Waals surface area contributed by atoms with Crippen molar-refractivity contribution in [2.75, 3.05) is 5.32 Å². The molecular formula is C20H14Cl2N4O2S. The van der Waals surface area contributed by atoms with Crippen LogP contribution in [-0.2, 0) is 11.2 Å². The van der Waals surface area contributed by atoms with E-state index in [-0.39, 0.29) is 12.3 Å². The molecule has 0 radical (unpaired) electrons. The van der Waals surface area contributed by atoms with E-state index < -0.39 is 0 Å². The number of hydrogen-bond donors (Lipinski definition) is 1. The van der Waals surface area contributed by atoms with E-state index in [9.17, 15) is 4.79 Å². The molecule has 9 heteroatoms. The lowest BCUT2D eigenvalue weighted by molar-refractivity contribution is -0.116. The van der Waals surface area contributed by atoms with Crippen molar-refractivity contribution in [1.29, 1.82) is 0 Å². The van der Waals surface area contributed by atoms with E-state index in [0.717, 1.165) is 11.3 Å². The summed E-state index contributed by atoms with van der Waals surface area (Å²) in [5.74, 6) is 0.820. The molecule has 3 aromatic heterocycles. The minimum Gasteiger partial charge on any atom is -0.441 e. The van der Waals surface area contributed by atoms with Gasteiger partial charge in [0.1, 0.15) is 0 Å². The highest BCUT2D eigenvalue weighted by atomic mass is 35.5. The first kappa shape index (κ1) is 19.6. The minimum atomic E-state index is -0.165. The van der Waals surface area contributed by atoms with E-state index in [0.29, 0.717) is 38.8 Å². The Bertz CT molecular complexity index is 1140. The zero-order chi connectivity index (χ0) is 20.2. The number of nitrogens with zero attached hydrogens (tertiary/aromatic N) is 3. The van der Waals surface area contributed by atoms with Crippen molar-refractivity contribution < 1.29 is 9.21 Å². The summed E-state index contributed by atoms with van der Waals surface area (Å²) in [5, 5.41) is 6.24. The molecule has 0 bridgehead atoms. The second-order valence-electron chi connectivity index (χ2n) is 6.07. The van der Waals surface area contributed by atoms with Gasteiger partial charge in [-0.25, -0.2) is 9.97 Å². The van der Waals surface area contributed by atoms with Crippen LogP contribution < -0.4 is 5.32 Å². The van der Waals surface area contributed by atoms with Gasteiger partial charge >= 0.3 is 0 Å². The summed E-state index contributed by atoms with van der Waals surface area (Å²) < 4.78 is 5.71. The number of carbonyl (C=O) groups is 1. The second-order valence-corrected chi connectivity index (χ2v) is 7.77. The van der Waals surface area contributed by atoms with Crippen molar-refractivity contribution in [3.63, 3.8) is 0 Å². The van der Waals surface area contributed by atoms with Crippen LogP contribution in [0.4, 0.5) is 5.13 Å². The molecule has 0 saturated heterocycles. The van der Waals surface area contributed by atoms with Crippen LogP contribution in [0.5, 0.6) is 0 Å². The Balaban J connectivity index is 1.35. The zero-order valence-electron chi connectivity index (χ0n) is 14.9. The summed E-state index contributed by atoms with van der Waals surface area (Å²) in [5.41, 5.74) is 2.37. The van der Waals surface area contributed by atoms with Gasteiger partial charge in [-0.3, -0.25) is 9.78 Å². The lowest BCUT2D eigenvalue weighted by atomic mass is 10.2. The first-order valence-electron chi connectivity index (χ1n) is 8.64. The van der Waals surface area contributed by atoms with E-state index in [1.54, 1.807) is 36.8 Å². The van der Waals surface area contributed by atoms with Gasteiger partial charge in [0.15, 0.2) is 16.8 Å². The van der Waals surface area contributed by atoms with Gasteiger partial charge in [0.2, 0.25) is 5.91 Å². The van der Waals surface area contributed by atoms with Crippen LogP contribution in [0.25, 0.3) is 22.6 Å². The average Bonchev–Trinajstić information content (AvgIpc) is 3.37. The van der Waals surface area contributed by atoms with E-state index in [2.05, 4.69) is 20.3 Å². The molecule has 1 amide bonds. The van der Waals surface area contributed by atoms with Gasteiger partial charge in [0.05, 0.1) is 16.9 Å². The molecule has 3 heterocycles. The molecular weight excluding hydrogens is 431 g/mol. The molecule has 0 aliphatic carbocycles. The van der Waals surface area contributed by atoms with E-state index in [4.69, 9.17) is 27.6 Å². The fourth-order valence-electron chi connectivity index (χ4n) is 2.62. The van der Waals surface area contributed by atoms with Crippen molar-refractivity contribution in [1.82, 2.24) is 15.0 Å². The third-order valence-electron chi connectivity index (χ3n) is 4.02. The Hall–Kier alpha value is -2.74. The van der Waals surface area contributed by atoms with Gasteiger partial charge in [0.25, 0.3) is 0 Å². The molecule has 0 saturated carbocycles. The molecule has 0 atom stereocenters. The number of aryl methyl sites for hydroxylation is 1. The van der Waals surface area contributed by atoms with Gasteiger partial charge in [0, 0.05) is 46.8 Å². The summed E-state index contributed by atoms with van der Waals surface area (Å²) in [6, 6.07) is 8.90. The Morgan fingerprint density at radius 3 is 2.90 bits per heavy atom. The standard InChI is InChI=1S/C20H14Cl2N4O2S/c21-13-3-4-14(15(22)8-13)17-10-24-19(28-17)6-5-18(27)26-20-25-16(11-29-20)12-2-1-7-23-9-12/h1-4,7-11H,5-6H2,(H,25,26,27). The smallest absolute Gasteiger partial charge is 0.226 e. The molecule has 29 heavy (non-hydrogen) atoms. The van der Waals surface area contributed by atoms with Gasteiger partial charge in [-0.1, -0.05) is 23.2 Å². The predicted octanol–water partition coefficient (Wildman–Crippen LogP) is 5.74. The maximum atomic E-state index is 12.2. The van der Waals surface area contributed by atoms with Gasteiger partial charge < -0.3 is 9.73 Å². The molecule has 0 aliphatic rings. The lowest BCUT2D eigenvalue weighted by Crippen LogP contribution is -2.12. The number of oxazole rings is 1. The SMILES string of the molecule is O=C(CCc1ncc(-c2ccc(Cl)cc2Cl)o1)Nc1nc(-c2cccnc2)cs1. The summed E-state index contributed by atoms with van der Waals surface area (Å²) >= 11 is 13.5. The number of rotatable bonds is 6. The number of benzene rings is 1. The molecule has 146 valence electrons. The fourth-order valence-corrected chi connectivity index (χ4v) is 3.86. The van der Waals surface area contributed by atoms with Crippen molar-refractivity contribution in [2.45, 2.75) is 12.8 Å².